The van der Waals surface area contributed by atoms with Gasteiger partial charge in [-0.05, 0) is 31.2 Å². The third kappa shape index (κ3) is 3.27. The molecule has 0 aliphatic carbocycles. The van der Waals surface area contributed by atoms with Crippen LogP contribution in [0.1, 0.15) is 13.8 Å². The van der Waals surface area contributed by atoms with E-state index < -0.39 is 0 Å². The maximum atomic E-state index is 12.6. The van der Waals surface area contributed by atoms with Crippen molar-refractivity contribution in [2.45, 2.75) is 13.8 Å². The van der Waals surface area contributed by atoms with E-state index in [1.54, 1.807) is 0 Å². The predicted octanol–water partition coefficient (Wildman–Crippen LogP) is 3.29. The van der Waals surface area contributed by atoms with Gasteiger partial charge in [-0.1, -0.05) is 0 Å². The lowest BCUT2D eigenvalue weighted by Gasteiger charge is -1.96. The van der Waals surface area contributed by atoms with Crippen LogP contribution in [0.3, 0.4) is 0 Å². The van der Waals surface area contributed by atoms with Gasteiger partial charge in [-0.15, -0.1) is 5.11 Å². The van der Waals surface area contributed by atoms with Crippen LogP contribution in [0.15, 0.2) is 46.0 Å². The highest BCUT2D eigenvalue weighted by Gasteiger charge is 2.06. The number of carbonyl (C=O) groups is 1. The minimum atomic E-state index is -0.383. The number of allylic oxidation sites excluding steroid dienone is 2. The molecule has 84 valence electrons. The molecule has 0 aliphatic rings. The summed E-state index contributed by atoms with van der Waals surface area (Å²) in [5, 5.41) is 16.5. The first-order chi connectivity index (χ1) is 7.50. The van der Waals surface area contributed by atoms with E-state index in [2.05, 4.69) is 10.2 Å². The normalized spacial score (nSPS) is 12.7. The van der Waals surface area contributed by atoms with Crippen LogP contribution in [0.4, 0.5) is 10.1 Å². The zero-order valence-corrected chi connectivity index (χ0v) is 8.94. The molecule has 0 radical (unpaired) electrons. The van der Waals surface area contributed by atoms with E-state index in [0.29, 0.717) is 5.69 Å². The standard InChI is InChI=1S/C11H11FN2O2/c1-7(15)11(8(2)16)14-13-10-5-3-9(12)4-6-10/h3-6,15H,1-2H3. The van der Waals surface area contributed by atoms with Crippen molar-refractivity contribution in [3.63, 3.8) is 0 Å². The third-order valence-corrected chi connectivity index (χ3v) is 1.77. The number of hydrogen-bond acceptors (Lipinski definition) is 4. The maximum Gasteiger partial charge on any atom is 0.183 e. The molecule has 1 N–H and O–H groups in total. The fraction of sp³-hybridized carbons (Fsp3) is 0.182. The summed E-state index contributed by atoms with van der Waals surface area (Å²) < 4.78 is 12.6. The Balaban J connectivity index is 2.92. The van der Waals surface area contributed by atoms with E-state index in [1.807, 2.05) is 0 Å². The average molecular weight is 222 g/mol. The lowest BCUT2D eigenvalue weighted by atomic mass is 10.3. The summed E-state index contributed by atoms with van der Waals surface area (Å²) in [4.78, 5) is 11.0. The quantitative estimate of drug-likeness (QED) is 0.484. The van der Waals surface area contributed by atoms with Gasteiger partial charge in [0.05, 0.1) is 5.69 Å². The minimum Gasteiger partial charge on any atom is -0.510 e. The second kappa shape index (κ2) is 5.16. The molecule has 4 nitrogen and oxygen atoms in total. The van der Waals surface area contributed by atoms with Gasteiger partial charge in [0.15, 0.2) is 11.5 Å². The molecule has 1 aromatic carbocycles. The van der Waals surface area contributed by atoms with Crippen molar-refractivity contribution in [1.82, 2.24) is 0 Å². The molecule has 0 fully saturated rings. The van der Waals surface area contributed by atoms with E-state index in [-0.39, 0.29) is 23.1 Å². The number of aliphatic hydroxyl groups is 1. The second-order valence-electron chi connectivity index (χ2n) is 3.17. The first-order valence-electron chi connectivity index (χ1n) is 4.59. The van der Waals surface area contributed by atoms with E-state index in [0.717, 1.165) is 0 Å². The number of azo groups is 1. The molecule has 0 aromatic heterocycles. The molecular formula is C11H11FN2O2. The number of rotatable bonds is 3. The van der Waals surface area contributed by atoms with Gasteiger partial charge >= 0.3 is 0 Å². The smallest absolute Gasteiger partial charge is 0.183 e. The largest absolute Gasteiger partial charge is 0.510 e. The molecule has 1 rings (SSSR count). The highest BCUT2D eigenvalue weighted by molar-refractivity contribution is 5.93. The van der Waals surface area contributed by atoms with Gasteiger partial charge in [-0.3, -0.25) is 4.79 Å². The monoisotopic (exact) mass is 222 g/mol. The molecule has 0 amide bonds. The van der Waals surface area contributed by atoms with Gasteiger partial charge in [0.25, 0.3) is 0 Å². The third-order valence-electron chi connectivity index (χ3n) is 1.77. The number of nitrogens with zero attached hydrogens (tertiary/aromatic N) is 2. The first kappa shape index (κ1) is 12.0. The molecule has 0 spiro atoms. The van der Waals surface area contributed by atoms with Crippen molar-refractivity contribution >= 4 is 11.5 Å². The Bertz CT molecular complexity index is 446. The SMILES string of the molecule is CC(=O)C(N=Nc1ccc(F)cc1)=C(C)O. The topological polar surface area (TPSA) is 62.0 Å². The van der Waals surface area contributed by atoms with Crippen LogP contribution >= 0.6 is 0 Å². The summed E-state index contributed by atoms with van der Waals surface area (Å²) >= 11 is 0. The Morgan fingerprint density at radius 2 is 1.81 bits per heavy atom. The van der Waals surface area contributed by atoms with Crippen molar-refractivity contribution in [2.24, 2.45) is 10.2 Å². The zero-order chi connectivity index (χ0) is 12.1. The average Bonchev–Trinajstić information content (AvgIpc) is 2.20. The van der Waals surface area contributed by atoms with Crippen molar-refractivity contribution in [3.8, 4) is 0 Å². The molecule has 0 atom stereocenters. The summed E-state index contributed by atoms with van der Waals surface area (Å²) in [5.41, 5.74) is 0.297. The molecule has 0 aliphatic heterocycles. The van der Waals surface area contributed by atoms with Crippen LogP contribution in [0.5, 0.6) is 0 Å². The fourth-order valence-corrected chi connectivity index (χ4v) is 1.01. The van der Waals surface area contributed by atoms with Crippen molar-refractivity contribution in [2.75, 3.05) is 0 Å². The molecular weight excluding hydrogens is 211 g/mol. The molecule has 5 heteroatoms. The number of ketones is 1. The number of aliphatic hydroxyl groups excluding tert-OH is 1. The Kier molecular flexibility index (Phi) is 3.88. The fourth-order valence-electron chi connectivity index (χ4n) is 1.01. The van der Waals surface area contributed by atoms with Crippen LogP contribution in [0.25, 0.3) is 0 Å². The van der Waals surface area contributed by atoms with E-state index in [4.69, 9.17) is 5.11 Å². The molecule has 0 heterocycles. The lowest BCUT2D eigenvalue weighted by Crippen LogP contribution is -1.96. The van der Waals surface area contributed by atoms with Gasteiger partial charge in [-0.25, -0.2) is 4.39 Å². The summed E-state index contributed by atoms with van der Waals surface area (Å²) in [6, 6.07) is 5.31. The second-order valence-corrected chi connectivity index (χ2v) is 3.17. The van der Waals surface area contributed by atoms with Crippen LogP contribution in [0.2, 0.25) is 0 Å². The van der Waals surface area contributed by atoms with E-state index in [9.17, 15) is 9.18 Å². The van der Waals surface area contributed by atoms with Crippen molar-refractivity contribution in [3.05, 3.63) is 41.5 Å². The highest BCUT2D eigenvalue weighted by Crippen LogP contribution is 2.15. The first-order valence-corrected chi connectivity index (χ1v) is 4.59. The van der Waals surface area contributed by atoms with Crippen LogP contribution in [-0.2, 0) is 4.79 Å². The summed E-state index contributed by atoms with van der Waals surface area (Å²) in [7, 11) is 0. The van der Waals surface area contributed by atoms with Crippen LogP contribution in [0, 0.1) is 5.82 Å². The van der Waals surface area contributed by atoms with Gasteiger partial charge in [0.1, 0.15) is 11.6 Å². The minimum absolute atomic E-state index is 0.107. The van der Waals surface area contributed by atoms with E-state index >= 15 is 0 Å². The van der Waals surface area contributed by atoms with Gasteiger partial charge in [0, 0.05) is 6.92 Å². The number of hydrogen-bond donors (Lipinski definition) is 1. The van der Waals surface area contributed by atoms with Crippen molar-refractivity contribution in [1.29, 1.82) is 0 Å². The predicted molar refractivity (Wildman–Crippen MR) is 56.9 cm³/mol. The van der Waals surface area contributed by atoms with Crippen molar-refractivity contribution < 1.29 is 14.3 Å². The molecule has 0 unspecified atom stereocenters. The zero-order valence-electron chi connectivity index (χ0n) is 8.94. The molecule has 1 aromatic rings. The molecule has 0 saturated heterocycles. The van der Waals surface area contributed by atoms with Gasteiger partial charge in [0.2, 0.25) is 0 Å². The molecule has 0 bridgehead atoms. The van der Waals surface area contributed by atoms with Crippen LogP contribution in [-0.4, -0.2) is 10.9 Å². The number of halogens is 1. The molecule has 16 heavy (non-hydrogen) atoms. The summed E-state index contributed by atoms with van der Waals surface area (Å²) in [5.74, 6) is -0.955. The Morgan fingerprint density at radius 1 is 1.25 bits per heavy atom. The van der Waals surface area contributed by atoms with Gasteiger partial charge in [-0.2, -0.15) is 5.11 Å². The highest BCUT2D eigenvalue weighted by atomic mass is 19.1. The number of Topliss-reactive ketones (excluding diaryl/α,β-unsaturated/α-hetero) is 1. The number of carbonyl (C=O) groups excluding carboxylic acids is 1. The Labute approximate surface area is 92.1 Å². The number of benzene rings is 1. The van der Waals surface area contributed by atoms with Crippen LogP contribution < -0.4 is 0 Å². The summed E-state index contributed by atoms with van der Waals surface area (Å²) in [6.45, 7) is 2.62. The van der Waals surface area contributed by atoms with E-state index in [1.165, 1.54) is 38.1 Å². The lowest BCUT2D eigenvalue weighted by molar-refractivity contribution is -0.113. The van der Waals surface area contributed by atoms with Gasteiger partial charge < -0.3 is 5.11 Å². The maximum absolute atomic E-state index is 12.6. The Morgan fingerprint density at radius 3 is 2.25 bits per heavy atom. The molecule has 0 saturated carbocycles. The summed E-state index contributed by atoms with van der Waals surface area (Å²) in [6.07, 6.45) is 0. The Hall–Kier alpha value is -2.04.